The van der Waals surface area contributed by atoms with Gasteiger partial charge in [0, 0.05) is 19.6 Å². The highest BCUT2D eigenvalue weighted by molar-refractivity contribution is 5.84. The normalized spacial score (nSPS) is 29.1. The van der Waals surface area contributed by atoms with Gasteiger partial charge in [0.05, 0.1) is 0 Å². The molecule has 0 N–H and O–H groups in total. The number of rotatable bonds is 4. The van der Waals surface area contributed by atoms with Crippen LogP contribution in [-0.4, -0.2) is 68.6 Å². The molecule has 7 nitrogen and oxygen atoms in total. The van der Waals surface area contributed by atoms with Gasteiger partial charge in [0.25, 0.3) is 0 Å². The van der Waals surface area contributed by atoms with Crippen molar-refractivity contribution in [2.24, 2.45) is 5.92 Å². The van der Waals surface area contributed by atoms with Crippen LogP contribution in [0.3, 0.4) is 0 Å². The largest absolute Gasteiger partial charge is 0.343 e. The van der Waals surface area contributed by atoms with E-state index >= 15 is 0 Å². The molecule has 0 aromatic carbocycles. The Labute approximate surface area is 156 Å². The van der Waals surface area contributed by atoms with Crippen molar-refractivity contribution < 1.29 is 4.79 Å². The zero-order valence-electron chi connectivity index (χ0n) is 16.0. The first kappa shape index (κ1) is 17.9. The molecule has 1 saturated carbocycles. The number of nitrogens with zero attached hydrogens (tertiary/aromatic N) is 6. The molecule has 3 aliphatic rings. The van der Waals surface area contributed by atoms with Crippen molar-refractivity contribution >= 4 is 5.91 Å². The molecule has 1 aliphatic carbocycles. The van der Waals surface area contributed by atoms with Gasteiger partial charge in [-0.05, 0) is 68.0 Å². The van der Waals surface area contributed by atoms with E-state index in [1.165, 1.54) is 51.6 Å². The van der Waals surface area contributed by atoms with Crippen LogP contribution in [0.4, 0.5) is 0 Å². The summed E-state index contributed by atoms with van der Waals surface area (Å²) in [5, 5.41) is 11.7. The molecule has 26 heavy (non-hydrogen) atoms. The first-order valence-electron chi connectivity index (χ1n) is 10.4. The van der Waals surface area contributed by atoms with Crippen LogP contribution in [0.5, 0.6) is 0 Å². The maximum absolute atomic E-state index is 13.5. The van der Waals surface area contributed by atoms with Crippen molar-refractivity contribution in [2.75, 3.05) is 26.7 Å². The lowest BCUT2D eigenvalue weighted by molar-refractivity contribution is -0.143. The quantitative estimate of drug-likeness (QED) is 0.822. The smallest absolute Gasteiger partial charge is 0.250 e. The highest BCUT2D eigenvalue weighted by Gasteiger charge is 2.45. The van der Waals surface area contributed by atoms with Crippen LogP contribution in [-0.2, 0) is 10.3 Å². The highest BCUT2D eigenvalue weighted by Crippen LogP contribution is 2.37. The molecule has 0 bridgehead atoms. The summed E-state index contributed by atoms with van der Waals surface area (Å²) in [6.45, 7) is 3.35. The number of fused-ring (bicyclic) bond motifs is 1. The summed E-state index contributed by atoms with van der Waals surface area (Å²) < 4.78 is 1.73. The van der Waals surface area contributed by atoms with Gasteiger partial charge in [-0.2, -0.15) is 0 Å². The molecule has 0 radical (unpaired) electrons. The zero-order chi connectivity index (χ0) is 18.0. The van der Waals surface area contributed by atoms with Crippen molar-refractivity contribution in [1.82, 2.24) is 30.0 Å². The molecule has 1 aromatic rings. The fourth-order valence-electron chi connectivity index (χ4n) is 5.62. The summed E-state index contributed by atoms with van der Waals surface area (Å²) in [7, 11) is 1.99. The Balaban J connectivity index is 1.49. The van der Waals surface area contributed by atoms with E-state index in [0.29, 0.717) is 12.0 Å². The van der Waals surface area contributed by atoms with Gasteiger partial charge in [0.2, 0.25) is 5.91 Å². The average Bonchev–Trinajstić information content (AvgIpc) is 3.23. The molecule has 1 aromatic heterocycles. The molecule has 2 unspecified atom stereocenters. The maximum Gasteiger partial charge on any atom is 0.250 e. The van der Waals surface area contributed by atoms with E-state index < -0.39 is 5.54 Å². The Morgan fingerprint density at radius 1 is 1.12 bits per heavy atom. The fraction of sp³-hybridized carbons (Fsp3) is 0.895. The Morgan fingerprint density at radius 2 is 1.92 bits per heavy atom. The van der Waals surface area contributed by atoms with E-state index in [9.17, 15) is 4.79 Å². The maximum atomic E-state index is 13.5. The van der Waals surface area contributed by atoms with Crippen LogP contribution in [0.25, 0.3) is 0 Å². The van der Waals surface area contributed by atoms with E-state index in [-0.39, 0.29) is 5.91 Å². The van der Waals surface area contributed by atoms with Crippen LogP contribution in [0, 0.1) is 5.92 Å². The van der Waals surface area contributed by atoms with Crippen molar-refractivity contribution in [1.29, 1.82) is 0 Å². The van der Waals surface area contributed by atoms with Crippen molar-refractivity contribution in [3.8, 4) is 0 Å². The molecule has 144 valence electrons. The number of amides is 1. The zero-order valence-corrected chi connectivity index (χ0v) is 16.0. The molecule has 0 spiro atoms. The van der Waals surface area contributed by atoms with Gasteiger partial charge in [0.15, 0.2) is 0 Å². The number of likely N-dealkylation sites (N-methyl/N-ethyl adjacent to an activating group) is 1. The first-order valence-corrected chi connectivity index (χ1v) is 10.4. The second-order valence-corrected chi connectivity index (χ2v) is 8.53. The lowest BCUT2D eigenvalue weighted by atomic mass is 9.79. The van der Waals surface area contributed by atoms with Crippen molar-refractivity contribution in [3.63, 3.8) is 0 Å². The number of hydrogen-bond acceptors (Lipinski definition) is 5. The summed E-state index contributed by atoms with van der Waals surface area (Å²) in [4.78, 5) is 18.2. The second kappa shape index (κ2) is 7.62. The van der Waals surface area contributed by atoms with Gasteiger partial charge in [-0.15, -0.1) is 5.10 Å². The number of carbonyl (C=O) groups excluding carboxylic acids is 1. The van der Waals surface area contributed by atoms with Crippen LogP contribution < -0.4 is 0 Å². The van der Waals surface area contributed by atoms with Crippen molar-refractivity contribution in [2.45, 2.75) is 75.8 Å². The minimum absolute atomic E-state index is 0.206. The first-order chi connectivity index (χ1) is 12.7. The number of aromatic nitrogens is 4. The minimum Gasteiger partial charge on any atom is -0.343 e. The summed E-state index contributed by atoms with van der Waals surface area (Å²) in [5.41, 5.74) is -0.572. The summed E-state index contributed by atoms with van der Waals surface area (Å²) in [6.07, 6.45) is 13.1. The SMILES string of the molecule is CN(CC1CCCN2CCCCC12)C(=O)C1(n2cnnn2)CCCCC1. The van der Waals surface area contributed by atoms with Gasteiger partial charge >= 0.3 is 0 Å². The lowest BCUT2D eigenvalue weighted by Gasteiger charge is -2.46. The minimum atomic E-state index is -0.572. The molecule has 3 fully saturated rings. The van der Waals surface area contributed by atoms with Crippen LogP contribution in [0.1, 0.15) is 64.2 Å². The Morgan fingerprint density at radius 3 is 2.69 bits per heavy atom. The highest BCUT2D eigenvalue weighted by atomic mass is 16.2. The Hall–Kier alpha value is -1.50. The van der Waals surface area contributed by atoms with Crippen LogP contribution in [0.2, 0.25) is 0 Å². The van der Waals surface area contributed by atoms with E-state index in [0.717, 1.165) is 32.2 Å². The van der Waals surface area contributed by atoms with Crippen LogP contribution >= 0.6 is 0 Å². The van der Waals surface area contributed by atoms with Gasteiger partial charge in [-0.1, -0.05) is 25.7 Å². The predicted octanol–water partition coefficient (Wildman–Crippen LogP) is 2.06. The summed E-state index contributed by atoms with van der Waals surface area (Å²) >= 11 is 0. The number of piperidine rings is 2. The fourth-order valence-corrected chi connectivity index (χ4v) is 5.62. The summed E-state index contributed by atoms with van der Waals surface area (Å²) in [5.74, 6) is 0.810. The molecular weight excluding hydrogens is 328 g/mol. The van der Waals surface area contributed by atoms with E-state index in [1.54, 1.807) is 11.0 Å². The van der Waals surface area contributed by atoms with E-state index in [1.807, 2.05) is 11.9 Å². The third-order valence-corrected chi connectivity index (χ3v) is 6.95. The summed E-state index contributed by atoms with van der Waals surface area (Å²) in [6, 6.07) is 0.670. The monoisotopic (exact) mass is 360 g/mol. The van der Waals surface area contributed by atoms with Gasteiger partial charge in [-0.3, -0.25) is 4.79 Å². The third kappa shape index (κ3) is 3.26. The molecular formula is C19H32N6O. The van der Waals surface area contributed by atoms with Crippen molar-refractivity contribution in [3.05, 3.63) is 6.33 Å². The van der Waals surface area contributed by atoms with E-state index in [4.69, 9.17) is 0 Å². The number of carbonyl (C=O) groups is 1. The molecule has 7 heteroatoms. The van der Waals surface area contributed by atoms with E-state index in [2.05, 4.69) is 20.4 Å². The number of tetrazole rings is 1. The molecule has 2 aliphatic heterocycles. The van der Waals surface area contributed by atoms with Gasteiger partial charge < -0.3 is 9.80 Å². The van der Waals surface area contributed by atoms with Gasteiger partial charge in [-0.25, -0.2) is 4.68 Å². The Kier molecular flexibility index (Phi) is 5.25. The topological polar surface area (TPSA) is 67.2 Å². The number of hydrogen-bond donors (Lipinski definition) is 0. The molecule has 4 rings (SSSR count). The lowest BCUT2D eigenvalue weighted by Crippen LogP contribution is -2.55. The predicted molar refractivity (Wildman–Crippen MR) is 98.4 cm³/mol. The molecule has 2 atom stereocenters. The van der Waals surface area contributed by atoms with Gasteiger partial charge in [0.1, 0.15) is 11.9 Å². The molecule has 3 heterocycles. The average molecular weight is 361 g/mol. The third-order valence-electron chi connectivity index (χ3n) is 6.95. The molecule has 2 saturated heterocycles. The Bertz CT molecular complexity index is 595. The standard InChI is InChI=1S/C19H32N6O/c1-23(14-16-8-7-13-24-12-6-3-9-17(16)24)18(26)19(10-4-2-5-11-19)25-15-20-21-22-25/h15-17H,2-14H2,1H3. The molecule has 1 amide bonds. The van der Waals surface area contributed by atoms with Crippen LogP contribution in [0.15, 0.2) is 6.33 Å². The second-order valence-electron chi connectivity index (χ2n) is 8.53.